The van der Waals surface area contributed by atoms with Gasteiger partial charge in [-0.2, -0.15) is 0 Å². The topological polar surface area (TPSA) is 38.5 Å². The molecule has 2 N–H and O–H groups in total. The molecule has 0 radical (unpaired) electrons. The Labute approximate surface area is 109 Å². The molecular weight excluding hydrogens is 231 g/mol. The van der Waals surface area contributed by atoms with Crippen LogP contribution in [0.15, 0.2) is 18.2 Å². The first-order chi connectivity index (χ1) is 8.54. The van der Waals surface area contributed by atoms with E-state index in [0.29, 0.717) is 12.6 Å². The van der Waals surface area contributed by atoms with Gasteiger partial charge < -0.3 is 10.5 Å². The highest BCUT2D eigenvalue weighted by Crippen LogP contribution is 2.26. The van der Waals surface area contributed by atoms with Crippen LogP contribution < -0.4 is 10.5 Å². The summed E-state index contributed by atoms with van der Waals surface area (Å²) in [6.45, 7) is 7.67. The Bertz CT molecular complexity index is 382. The maximum absolute atomic E-state index is 13.7. The average molecular weight is 254 g/mol. The third kappa shape index (κ3) is 3.21. The molecule has 4 heteroatoms. The molecule has 0 aliphatic rings. The highest BCUT2D eigenvalue weighted by atomic mass is 19.1. The van der Waals surface area contributed by atoms with E-state index in [0.717, 1.165) is 12.1 Å². The van der Waals surface area contributed by atoms with Gasteiger partial charge in [0.15, 0.2) is 11.6 Å². The van der Waals surface area contributed by atoms with Gasteiger partial charge in [-0.15, -0.1) is 0 Å². The number of nitrogens with zero attached hydrogens (tertiary/aromatic N) is 1. The van der Waals surface area contributed by atoms with Gasteiger partial charge in [-0.25, -0.2) is 4.39 Å². The number of rotatable bonds is 6. The minimum absolute atomic E-state index is 0.0374. The predicted octanol–water partition coefficient (Wildman–Crippen LogP) is 2.56. The van der Waals surface area contributed by atoms with Crippen molar-refractivity contribution >= 4 is 0 Å². The maximum Gasteiger partial charge on any atom is 0.165 e. The Hall–Kier alpha value is -1.13. The van der Waals surface area contributed by atoms with E-state index in [4.69, 9.17) is 10.5 Å². The summed E-state index contributed by atoms with van der Waals surface area (Å²) in [6.07, 6.45) is 0. The fraction of sp³-hybridized carbons (Fsp3) is 0.571. The second kappa shape index (κ2) is 6.71. The smallest absolute Gasteiger partial charge is 0.165 e. The largest absolute Gasteiger partial charge is 0.494 e. The lowest BCUT2D eigenvalue weighted by molar-refractivity contribution is 0.166. The fourth-order valence-electron chi connectivity index (χ4n) is 2.30. The summed E-state index contributed by atoms with van der Waals surface area (Å²) in [5.41, 5.74) is 6.74. The van der Waals surface area contributed by atoms with Crippen molar-refractivity contribution in [3.05, 3.63) is 29.6 Å². The van der Waals surface area contributed by atoms with Crippen LogP contribution in [0.5, 0.6) is 5.75 Å². The lowest BCUT2D eigenvalue weighted by Gasteiger charge is -2.33. The summed E-state index contributed by atoms with van der Waals surface area (Å²) in [5.74, 6) is -0.0737. The van der Waals surface area contributed by atoms with Crippen LogP contribution in [0, 0.1) is 5.82 Å². The van der Waals surface area contributed by atoms with Crippen LogP contribution in [-0.2, 0) is 0 Å². The van der Waals surface area contributed by atoms with Crippen LogP contribution in [0.25, 0.3) is 0 Å². The normalized spacial score (nSPS) is 13.1. The summed E-state index contributed by atoms with van der Waals surface area (Å²) in [7, 11) is 1.46. The first-order valence-electron chi connectivity index (χ1n) is 6.34. The first kappa shape index (κ1) is 14.9. The number of likely N-dealkylation sites (N-methyl/N-ethyl adjacent to an activating group) is 1. The number of nitrogens with two attached hydrogens (primary N) is 1. The van der Waals surface area contributed by atoms with Crippen molar-refractivity contribution in [1.29, 1.82) is 0 Å². The molecule has 0 aliphatic carbocycles. The van der Waals surface area contributed by atoms with Gasteiger partial charge in [0.1, 0.15) is 0 Å². The number of ether oxygens (including phenoxy) is 1. The Morgan fingerprint density at radius 1 is 1.39 bits per heavy atom. The zero-order valence-electron chi connectivity index (χ0n) is 11.6. The average Bonchev–Trinajstić information content (AvgIpc) is 2.35. The number of halogens is 1. The Balaban J connectivity index is 3.05. The van der Waals surface area contributed by atoms with E-state index in [9.17, 15) is 4.39 Å². The van der Waals surface area contributed by atoms with E-state index in [2.05, 4.69) is 25.7 Å². The van der Waals surface area contributed by atoms with E-state index in [1.165, 1.54) is 13.2 Å². The lowest BCUT2D eigenvalue weighted by Crippen LogP contribution is -2.38. The molecule has 18 heavy (non-hydrogen) atoms. The quantitative estimate of drug-likeness (QED) is 0.848. The van der Waals surface area contributed by atoms with Crippen molar-refractivity contribution < 1.29 is 9.13 Å². The van der Waals surface area contributed by atoms with Crippen LogP contribution in [-0.4, -0.2) is 31.1 Å². The molecule has 1 rings (SSSR count). The third-order valence-electron chi connectivity index (χ3n) is 3.21. The Kier molecular flexibility index (Phi) is 5.56. The van der Waals surface area contributed by atoms with E-state index < -0.39 is 0 Å². The predicted molar refractivity (Wildman–Crippen MR) is 72.3 cm³/mol. The molecule has 0 amide bonds. The zero-order chi connectivity index (χ0) is 13.7. The van der Waals surface area contributed by atoms with Gasteiger partial charge in [0.05, 0.1) is 7.11 Å². The molecule has 1 atom stereocenters. The third-order valence-corrected chi connectivity index (χ3v) is 3.21. The fourth-order valence-corrected chi connectivity index (χ4v) is 2.30. The van der Waals surface area contributed by atoms with Gasteiger partial charge in [-0.05, 0) is 38.1 Å². The summed E-state index contributed by atoms with van der Waals surface area (Å²) in [6, 6.07) is 5.46. The van der Waals surface area contributed by atoms with Crippen molar-refractivity contribution in [2.45, 2.75) is 32.9 Å². The Morgan fingerprint density at radius 3 is 2.44 bits per heavy atom. The minimum Gasteiger partial charge on any atom is -0.494 e. The van der Waals surface area contributed by atoms with Crippen molar-refractivity contribution in [2.24, 2.45) is 5.73 Å². The highest BCUT2D eigenvalue weighted by molar-refractivity contribution is 5.31. The summed E-state index contributed by atoms with van der Waals surface area (Å²) < 4.78 is 18.7. The molecule has 0 saturated heterocycles. The standard InChI is InChI=1S/C14H23FN2O/c1-5-17(10(2)3)13(9-16)11-6-7-14(18-4)12(15)8-11/h6-8,10,13H,5,9,16H2,1-4H3. The van der Waals surface area contributed by atoms with Gasteiger partial charge >= 0.3 is 0 Å². The van der Waals surface area contributed by atoms with Crippen LogP contribution in [0.2, 0.25) is 0 Å². The van der Waals surface area contributed by atoms with Crippen LogP contribution in [0.4, 0.5) is 4.39 Å². The SMILES string of the molecule is CCN(C(C)C)C(CN)c1ccc(OC)c(F)c1. The molecule has 1 aromatic rings. The van der Waals surface area contributed by atoms with E-state index in [-0.39, 0.29) is 17.6 Å². The monoisotopic (exact) mass is 254 g/mol. The van der Waals surface area contributed by atoms with Crippen LogP contribution >= 0.6 is 0 Å². The van der Waals surface area contributed by atoms with Crippen molar-refractivity contribution in [2.75, 3.05) is 20.2 Å². The van der Waals surface area contributed by atoms with Crippen LogP contribution in [0.1, 0.15) is 32.4 Å². The second-order valence-electron chi connectivity index (χ2n) is 4.57. The second-order valence-corrected chi connectivity index (χ2v) is 4.57. The summed E-state index contributed by atoms with van der Waals surface area (Å²) in [4.78, 5) is 2.25. The van der Waals surface area contributed by atoms with Gasteiger partial charge in [0, 0.05) is 18.6 Å². The minimum atomic E-state index is -0.340. The number of hydrogen-bond donors (Lipinski definition) is 1. The zero-order valence-corrected chi connectivity index (χ0v) is 11.6. The molecule has 0 aromatic heterocycles. The maximum atomic E-state index is 13.7. The molecule has 1 unspecified atom stereocenters. The van der Waals surface area contributed by atoms with Crippen molar-refractivity contribution in [1.82, 2.24) is 4.90 Å². The van der Waals surface area contributed by atoms with E-state index in [1.54, 1.807) is 6.07 Å². The van der Waals surface area contributed by atoms with Crippen molar-refractivity contribution in [3.63, 3.8) is 0 Å². The molecule has 0 spiro atoms. The first-order valence-corrected chi connectivity index (χ1v) is 6.34. The number of benzene rings is 1. The Morgan fingerprint density at radius 2 is 2.06 bits per heavy atom. The molecular formula is C14H23FN2O. The van der Waals surface area contributed by atoms with Gasteiger partial charge in [-0.1, -0.05) is 13.0 Å². The van der Waals surface area contributed by atoms with Crippen LogP contribution in [0.3, 0.4) is 0 Å². The number of hydrogen-bond acceptors (Lipinski definition) is 3. The lowest BCUT2D eigenvalue weighted by atomic mass is 10.0. The summed E-state index contributed by atoms with van der Waals surface area (Å²) >= 11 is 0. The summed E-state index contributed by atoms with van der Waals surface area (Å²) in [5, 5.41) is 0. The molecule has 102 valence electrons. The molecule has 0 saturated carbocycles. The highest BCUT2D eigenvalue weighted by Gasteiger charge is 2.21. The molecule has 0 fully saturated rings. The van der Waals surface area contributed by atoms with Gasteiger partial charge in [0.25, 0.3) is 0 Å². The van der Waals surface area contributed by atoms with E-state index >= 15 is 0 Å². The molecule has 0 heterocycles. The number of methoxy groups -OCH3 is 1. The molecule has 3 nitrogen and oxygen atoms in total. The molecule has 1 aromatic carbocycles. The van der Waals surface area contributed by atoms with E-state index in [1.807, 2.05) is 6.07 Å². The van der Waals surface area contributed by atoms with Gasteiger partial charge in [-0.3, -0.25) is 4.90 Å². The molecule has 0 aliphatic heterocycles. The van der Waals surface area contributed by atoms with Gasteiger partial charge in [0.2, 0.25) is 0 Å². The van der Waals surface area contributed by atoms with Crippen molar-refractivity contribution in [3.8, 4) is 5.75 Å². The molecule has 0 bridgehead atoms.